The number of benzene rings is 2. The zero-order chi connectivity index (χ0) is 20.1. The fourth-order valence-electron chi connectivity index (χ4n) is 2.97. The van der Waals surface area contributed by atoms with Crippen LogP contribution < -0.4 is 14.8 Å². The SMILES string of the molecule is O=C(COc1ccc(S(=O)(=O)NC2CCCC2)cc1)Nc1ccc(Cl)cc1Cl. The fourth-order valence-corrected chi connectivity index (χ4v) is 4.73. The number of anilines is 1. The number of rotatable bonds is 7. The molecule has 6 nitrogen and oxygen atoms in total. The van der Waals surface area contributed by atoms with E-state index in [4.69, 9.17) is 27.9 Å². The van der Waals surface area contributed by atoms with E-state index in [1.165, 1.54) is 30.3 Å². The van der Waals surface area contributed by atoms with Crippen LogP contribution in [0, 0.1) is 0 Å². The number of carbonyl (C=O) groups excluding carboxylic acids is 1. The van der Waals surface area contributed by atoms with Gasteiger partial charge in [-0.3, -0.25) is 4.79 Å². The maximum absolute atomic E-state index is 12.4. The highest BCUT2D eigenvalue weighted by molar-refractivity contribution is 7.89. The second-order valence-corrected chi connectivity index (χ2v) is 9.09. The van der Waals surface area contributed by atoms with Gasteiger partial charge in [0.2, 0.25) is 10.0 Å². The molecule has 0 aromatic heterocycles. The highest BCUT2D eigenvalue weighted by Gasteiger charge is 2.22. The van der Waals surface area contributed by atoms with Gasteiger partial charge >= 0.3 is 0 Å². The highest BCUT2D eigenvalue weighted by Crippen LogP contribution is 2.25. The molecule has 2 aromatic carbocycles. The third-order valence-electron chi connectivity index (χ3n) is 4.39. The molecule has 9 heteroatoms. The van der Waals surface area contributed by atoms with Crippen molar-refractivity contribution >= 4 is 44.8 Å². The average molecular weight is 443 g/mol. The van der Waals surface area contributed by atoms with Crippen molar-refractivity contribution < 1.29 is 17.9 Å². The quantitative estimate of drug-likeness (QED) is 0.671. The molecule has 28 heavy (non-hydrogen) atoms. The van der Waals surface area contributed by atoms with Gasteiger partial charge in [-0.2, -0.15) is 0 Å². The maximum atomic E-state index is 12.4. The van der Waals surface area contributed by atoms with E-state index >= 15 is 0 Å². The number of amides is 1. The zero-order valence-electron chi connectivity index (χ0n) is 15.0. The number of ether oxygens (including phenoxy) is 1. The Morgan fingerprint density at radius 3 is 2.39 bits per heavy atom. The van der Waals surface area contributed by atoms with Gasteiger partial charge < -0.3 is 10.1 Å². The minimum absolute atomic E-state index is 0.00399. The molecule has 1 saturated carbocycles. The highest BCUT2D eigenvalue weighted by atomic mass is 35.5. The van der Waals surface area contributed by atoms with E-state index in [2.05, 4.69) is 10.0 Å². The first-order valence-electron chi connectivity index (χ1n) is 8.83. The Labute approximate surface area is 174 Å². The molecule has 0 radical (unpaired) electrons. The van der Waals surface area contributed by atoms with Crippen LogP contribution in [-0.4, -0.2) is 27.0 Å². The summed E-state index contributed by atoms with van der Waals surface area (Å²) in [5.74, 6) is -0.0130. The largest absolute Gasteiger partial charge is 0.484 e. The Morgan fingerprint density at radius 2 is 1.75 bits per heavy atom. The molecule has 150 valence electrons. The number of hydrogen-bond donors (Lipinski definition) is 2. The van der Waals surface area contributed by atoms with Gasteiger partial charge in [0.15, 0.2) is 6.61 Å². The van der Waals surface area contributed by atoms with Crippen molar-refractivity contribution in [2.75, 3.05) is 11.9 Å². The summed E-state index contributed by atoms with van der Waals surface area (Å²) in [4.78, 5) is 12.2. The Balaban J connectivity index is 1.54. The molecule has 2 N–H and O–H groups in total. The third kappa shape index (κ3) is 5.61. The molecule has 1 fully saturated rings. The van der Waals surface area contributed by atoms with Gasteiger partial charge in [0.1, 0.15) is 5.75 Å². The van der Waals surface area contributed by atoms with Crippen LogP contribution in [0.15, 0.2) is 47.4 Å². The van der Waals surface area contributed by atoms with E-state index in [1.807, 2.05) is 0 Å². The first-order valence-corrected chi connectivity index (χ1v) is 11.1. The summed E-state index contributed by atoms with van der Waals surface area (Å²) in [6.07, 6.45) is 3.83. The molecule has 1 amide bonds. The number of halogens is 2. The smallest absolute Gasteiger partial charge is 0.262 e. The topological polar surface area (TPSA) is 84.5 Å². The summed E-state index contributed by atoms with van der Waals surface area (Å²) in [7, 11) is -3.55. The van der Waals surface area contributed by atoms with Crippen molar-refractivity contribution in [1.29, 1.82) is 0 Å². The minimum atomic E-state index is -3.55. The Hall–Kier alpha value is -1.80. The maximum Gasteiger partial charge on any atom is 0.262 e. The molecule has 2 aromatic rings. The summed E-state index contributed by atoms with van der Waals surface area (Å²) >= 11 is 11.8. The molecule has 0 bridgehead atoms. The normalized spacial score (nSPS) is 14.8. The molecular formula is C19H20Cl2N2O4S. The molecule has 1 aliphatic rings. The lowest BCUT2D eigenvalue weighted by Crippen LogP contribution is -2.32. The average Bonchev–Trinajstić information content (AvgIpc) is 3.15. The number of nitrogens with one attached hydrogen (secondary N) is 2. The minimum Gasteiger partial charge on any atom is -0.484 e. The number of hydrogen-bond acceptors (Lipinski definition) is 4. The summed E-state index contributed by atoms with van der Waals surface area (Å²) in [5, 5.41) is 3.42. The molecule has 0 aliphatic heterocycles. The van der Waals surface area contributed by atoms with Crippen LogP contribution in [0.2, 0.25) is 10.0 Å². The lowest BCUT2D eigenvalue weighted by molar-refractivity contribution is -0.118. The first-order chi connectivity index (χ1) is 13.3. The van der Waals surface area contributed by atoms with Crippen LogP contribution in [-0.2, 0) is 14.8 Å². The summed E-state index contributed by atoms with van der Waals surface area (Å²) in [6, 6.07) is 10.7. The van der Waals surface area contributed by atoms with Gasteiger partial charge in [-0.1, -0.05) is 36.0 Å². The Bertz CT molecular complexity index is 943. The van der Waals surface area contributed by atoms with Crippen LogP contribution in [0.4, 0.5) is 5.69 Å². The van der Waals surface area contributed by atoms with Crippen molar-refractivity contribution in [2.24, 2.45) is 0 Å². The standard InChI is InChI=1S/C19H20Cl2N2O4S/c20-13-5-10-18(17(21)11-13)22-19(24)12-27-15-6-8-16(9-7-15)28(25,26)23-14-3-1-2-4-14/h5-11,14,23H,1-4,12H2,(H,22,24). The van der Waals surface area contributed by atoms with Crippen molar-refractivity contribution in [2.45, 2.75) is 36.6 Å². The monoisotopic (exact) mass is 442 g/mol. The van der Waals surface area contributed by atoms with Gasteiger partial charge in [0, 0.05) is 11.1 Å². The Kier molecular flexibility index (Phi) is 6.82. The van der Waals surface area contributed by atoms with Crippen LogP contribution in [0.25, 0.3) is 0 Å². The molecule has 0 atom stereocenters. The van der Waals surface area contributed by atoms with Gasteiger partial charge in [0.05, 0.1) is 15.6 Å². The molecule has 1 aliphatic carbocycles. The van der Waals surface area contributed by atoms with E-state index < -0.39 is 15.9 Å². The fraction of sp³-hybridized carbons (Fsp3) is 0.316. The predicted molar refractivity (Wildman–Crippen MR) is 110 cm³/mol. The van der Waals surface area contributed by atoms with Crippen LogP contribution in [0.5, 0.6) is 5.75 Å². The van der Waals surface area contributed by atoms with Crippen LogP contribution >= 0.6 is 23.2 Å². The third-order valence-corrected chi connectivity index (χ3v) is 6.47. The lowest BCUT2D eigenvalue weighted by Gasteiger charge is -2.13. The zero-order valence-corrected chi connectivity index (χ0v) is 17.3. The van der Waals surface area contributed by atoms with Crippen LogP contribution in [0.1, 0.15) is 25.7 Å². The van der Waals surface area contributed by atoms with E-state index in [0.717, 1.165) is 25.7 Å². The number of sulfonamides is 1. The van der Waals surface area contributed by atoms with Crippen molar-refractivity contribution in [1.82, 2.24) is 4.72 Å². The van der Waals surface area contributed by atoms with Crippen molar-refractivity contribution in [3.8, 4) is 5.75 Å². The van der Waals surface area contributed by atoms with Gasteiger partial charge in [-0.25, -0.2) is 13.1 Å². The molecule has 0 spiro atoms. The van der Waals surface area contributed by atoms with Crippen molar-refractivity contribution in [3.63, 3.8) is 0 Å². The van der Waals surface area contributed by atoms with Gasteiger partial charge in [0.25, 0.3) is 5.91 Å². The molecule has 0 saturated heterocycles. The molecule has 0 unspecified atom stereocenters. The van der Waals surface area contributed by atoms with Gasteiger partial charge in [-0.15, -0.1) is 0 Å². The van der Waals surface area contributed by atoms with Gasteiger partial charge in [-0.05, 0) is 55.3 Å². The van der Waals surface area contributed by atoms with E-state index in [0.29, 0.717) is 21.5 Å². The molecule has 0 heterocycles. The van der Waals surface area contributed by atoms with E-state index in [-0.39, 0.29) is 17.5 Å². The lowest BCUT2D eigenvalue weighted by atomic mass is 10.3. The first kappa shape index (κ1) is 20.9. The van der Waals surface area contributed by atoms with Crippen molar-refractivity contribution in [3.05, 3.63) is 52.5 Å². The summed E-state index contributed by atoms with van der Waals surface area (Å²) in [5.41, 5.74) is 0.430. The Morgan fingerprint density at radius 1 is 1.07 bits per heavy atom. The number of carbonyl (C=O) groups is 1. The predicted octanol–water partition coefficient (Wildman–Crippen LogP) is 4.23. The van der Waals surface area contributed by atoms with E-state index in [9.17, 15) is 13.2 Å². The summed E-state index contributed by atoms with van der Waals surface area (Å²) in [6.45, 7) is -0.245. The second-order valence-electron chi connectivity index (χ2n) is 6.54. The molecular weight excluding hydrogens is 423 g/mol. The van der Waals surface area contributed by atoms with Crippen LogP contribution in [0.3, 0.4) is 0 Å². The van der Waals surface area contributed by atoms with E-state index in [1.54, 1.807) is 12.1 Å². The summed E-state index contributed by atoms with van der Waals surface area (Å²) < 4.78 is 32.9. The second kappa shape index (κ2) is 9.13. The molecule has 3 rings (SSSR count).